The van der Waals surface area contributed by atoms with Crippen LogP contribution in [0.2, 0.25) is 0 Å². The molecule has 2 aromatic rings. The summed E-state index contributed by atoms with van der Waals surface area (Å²) in [4.78, 5) is 4.47. The fourth-order valence-corrected chi connectivity index (χ4v) is 5.48. The van der Waals surface area contributed by atoms with Gasteiger partial charge in [0.2, 0.25) is 0 Å². The number of halogens is 2. The molecule has 0 radical (unpaired) electrons. The molecule has 2 aliphatic heterocycles. The van der Waals surface area contributed by atoms with Crippen LogP contribution >= 0.6 is 0 Å². The van der Waals surface area contributed by atoms with Crippen LogP contribution in [-0.4, -0.2) is 26.6 Å². The van der Waals surface area contributed by atoms with Gasteiger partial charge in [-0.05, 0) is 63.4 Å². The number of allylic oxidation sites excluding steroid dienone is 2. The van der Waals surface area contributed by atoms with Gasteiger partial charge in [-0.3, -0.25) is 4.98 Å². The van der Waals surface area contributed by atoms with E-state index in [1.54, 1.807) is 6.20 Å². The molecule has 2 aliphatic rings. The Bertz CT molecular complexity index is 1150. The summed E-state index contributed by atoms with van der Waals surface area (Å²) in [7, 11) is 0. The minimum absolute atomic E-state index is 0.649. The Hall–Kier alpha value is -2.50. The van der Waals surface area contributed by atoms with E-state index < -0.39 is 6.97 Å². The van der Waals surface area contributed by atoms with Crippen molar-refractivity contribution in [2.75, 3.05) is 0 Å². The molecule has 0 saturated carbocycles. The fourth-order valence-electron chi connectivity index (χ4n) is 5.48. The van der Waals surface area contributed by atoms with Gasteiger partial charge >= 0.3 is 6.97 Å². The van der Waals surface area contributed by atoms with Gasteiger partial charge in [0, 0.05) is 41.2 Å². The summed E-state index contributed by atoms with van der Waals surface area (Å²) < 4.78 is 34.9. The van der Waals surface area contributed by atoms with Crippen molar-refractivity contribution < 1.29 is 13.1 Å². The van der Waals surface area contributed by atoms with E-state index in [1.807, 2.05) is 60.6 Å². The zero-order chi connectivity index (χ0) is 21.2. The average Bonchev–Trinajstić information content (AvgIpc) is 3.08. The molecule has 4 heterocycles. The van der Waals surface area contributed by atoms with Crippen molar-refractivity contribution in [3.63, 3.8) is 0 Å². The van der Waals surface area contributed by atoms with E-state index in [0.29, 0.717) is 22.8 Å². The van der Waals surface area contributed by atoms with Crippen LogP contribution in [0.25, 0.3) is 5.57 Å². The first kappa shape index (κ1) is 19.8. The highest BCUT2D eigenvalue weighted by atomic mass is 19.2. The Balaban J connectivity index is 2.26. The van der Waals surface area contributed by atoms with Crippen molar-refractivity contribution in [1.82, 2.24) is 9.46 Å². The van der Waals surface area contributed by atoms with Crippen LogP contribution in [0.4, 0.5) is 8.63 Å². The normalized spacial score (nSPS) is 18.0. The standard InChI is InChI=1S/C23H28BF2N3/c1-8-18-13(3)22-21(20-11-10-12-27-15(20)5)23-14(4)19(9-2)17(7)29(23)24(25,26)28(22)16(18)6/h10-12H,8-9H2,1-7H3. The number of nitrogens with zero attached hydrogens (tertiary/aromatic N) is 3. The summed E-state index contributed by atoms with van der Waals surface area (Å²) in [6, 6.07) is 3.89. The van der Waals surface area contributed by atoms with E-state index in [2.05, 4.69) is 4.98 Å². The smallest absolute Gasteiger partial charge is 0.393 e. The Morgan fingerprint density at radius 2 is 1.76 bits per heavy atom. The van der Waals surface area contributed by atoms with Gasteiger partial charge in [-0.25, -0.2) is 0 Å². The number of hydrogen-bond donors (Lipinski definition) is 0. The Morgan fingerprint density at radius 3 is 2.34 bits per heavy atom. The maximum Gasteiger partial charge on any atom is 0.737 e. The summed E-state index contributed by atoms with van der Waals surface area (Å²) >= 11 is 0. The summed E-state index contributed by atoms with van der Waals surface area (Å²) in [5.74, 6) is 0. The SMILES string of the molecule is CCC1=C(C)C2=C(c3cccnc3C)c3c(C)c(CC)c(C)n3[B-](F)(F)[N+]2=C1C. The number of fused-ring (bicyclic) bond motifs is 2. The molecule has 0 spiro atoms. The predicted molar refractivity (Wildman–Crippen MR) is 116 cm³/mol. The number of pyridine rings is 1. The third-order valence-corrected chi connectivity index (χ3v) is 6.77. The van der Waals surface area contributed by atoms with Crippen LogP contribution in [0.5, 0.6) is 0 Å². The average molecular weight is 395 g/mol. The first-order valence-electron chi connectivity index (χ1n) is 10.4. The quantitative estimate of drug-likeness (QED) is 0.622. The van der Waals surface area contributed by atoms with Crippen LogP contribution in [0.3, 0.4) is 0 Å². The molecule has 0 amide bonds. The van der Waals surface area contributed by atoms with E-state index in [-0.39, 0.29) is 0 Å². The van der Waals surface area contributed by atoms with Gasteiger partial charge in [-0.1, -0.05) is 19.9 Å². The summed E-state index contributed by atoms with van der Waals surface area (Å²) in [5.41, 5.74) is 9.21. The third-order valence-electron chi connectivity index (χ3n) is 6.77. The van der Waals surface area contributed by atoms with Gasteiger partial charge < -0.3 is 17.6 Å². The Morgan fingerprint density at radius 1 is 1.07 bits per heavy atom. The van der Waals surface area contributed by atoms with Crippen molar-refractivity contribution in [1.29, 1.82) is 0 Å². The first-order valence-corrected chi connectivity index (χ1v) is 10.4. The Kier molecular flexibility index (Phi) is 4.45. The van der Waals surface area contributed by atoms with Gasteiger partial charge in [0.05, 0.1) is 5.57 Å². The Labute approximate surface area is 171 Å². The molecule has 2 aromatic heterocycles. The molecule has 0 atom stereocenters. The maximum absolute atomic E-state index is 16.1. The highest BCUT2D eigenvalue weighted by molar-refractivity contribution is 6.58. The van der Waals surface area contributed by atoms with E-state index >= 15 is 8.63 Å². The van der Waals surface area contributed by atoms with Gasteiger partial charge in [0.25, 0.3) is 0 Å². The van der Waals surface area contributed by atoms with Crippen LogP contribution in [0.15, 0.2) is 35.2 Å². The molecule has 0 bridgehead atoms. The molecule has 0 aliphatic carbocycles. The number of hydrogen-bond acceptors (Lipinski definition) is 1. The van der Waals surface area contributed by atoms with Crippen molar-refractivity contribution in [3.8, 4) is 0 Å². The second-order valence-corrected chi connectivity index (χ2v) is 8.12. The zero-order valence-electron chi connectivity index (χ0n) is 18.3. The topological polar surface area (TPSA) is 20.8 Å². The highest BCUT2D eigenvalue weighted by Gasteiger charge is 2.56. The van der Waals surface area contributed by atoms with E-state index in [4.69, 9.17) is 0 Å². The minimum Gasteiger partial charge on any atom is -0.393 e. The lowest BCUT2D eigenvalue weighted by atomic mass is 9.83. The second kappa shape index (κ2) is 6.51. The van der Waals surface area contributed by atoms with Gasteiger partial charge in [0.15, 0.2) is 5.70 Å². The molecule has 0 fully saturated rings. The number of aromatic nitrogens is 2. The van der Waals surface area contributed by atoms with Crippen LogP contribution < -0.4 is 0 Å². The van der Waals surface area contributed by atoms with Crippen LogP contribution in [-0.2, 0) is 6.42 Å². The molecule has 4 rings (SSSR count). The molecule has 0 aromatic carbocycles. The highest BCUT2D eigenvalue weighted by Crippen LogP contribution is 2.47. The predicted octanol–water partition coefficient (Wildman–Crippen LogP) is 5.58. The van der Waals surface area contributed by atoms with E-state index in [1.165, 1.54) is 8.96 Å². The van der Waals surface area contributed by atoms with Crippen molar-refractivity contribution >= 4 is 18.3 Å². The third kappa shape index (κ3) is 2.41. The van der Waals surface area contributed by atoms with Crippen LogP contribution in [0.1, 0.15) is 67.9 Å². The van der Waals surface area contributed by atoms with Crippen molar-refractivity contribution in [2.24, 2.45) is 0 Å². The zero-order valence-corrected chi connectivity index (χ0v) is 18.3. The van der Waals surface area contributed by atoms with Gasteiger partial charge in [-0.2, -0.15) is 0 Å². The van der Waals surface area contributed by atoms with Gasteiger partial charge in [0.1, 0.15) is 5.71 Å². The lowest BCUT2D eigenvalue weighted by molar-refractivity contribution is -0.363. The van der Waals surface area contributed by atoms with E-state index in [0.717, 1.165) is 51.9 Å². The molecule has 0 unspecified atom stereocenters. The minimum atomic E-state index is -3.98. The molecule has 3 nitrogen and oxygen atoms in total. The fraction of sp³-hybridized carbons (Fsp3) is 0.391. The van der Waals surface area contributed by atoms with Crippen LogP contribution in [0, 0.1) is 20.8 Å². The molecule has 29 heavy (non-hydrogen) atoms. The molecule has 0 N–H and O–H groups in total. The number of aryl methyl sites for hydroxylation is 1. The maximum atomic E-state index is 16.1. The second-order valence-electron chi connectivity index (χ2n) is 8.12. The molecule has 152 valence electrons. The first-order chi connectivity index (χ1) is 13.7. The number of rotatable bonds is 3. The summed E-state index contributed by atoms with van der Waals surface area (Å²) in [6.07, 6.45) is 3.22. The monoisotopic (exact) mass is 395 g/mol. The van der Waals surface area contributed by atoms with E-state index in [9.17, 15) is 0 Å². The lowest BCUT2D eigenvalue weighted by Gasteiger charge is -2.34. The molecule has 0 saturated heterocycles. The molecular weight excluding hydrogens is 367 g/mol. The summed E-state index contributed by atoms with van der Waals surface area (Å²) in [5, 5.41) is 0. The molecular formula is C23H28BF2N3. The van der Waals surface area contributed by atoms with Gasteiger partial charge in [-0.15, -0.1) is 0 Å². The summed E-state index contributed by atoms with van der Waals surface area (Å²) in [6.45, 7) is 9.67. The van der Waals surface area contributed by atoms with Crippen molar-refractivity contribution in [3.05, 3.63) is 68.9 Å². The van der Waals surface area contributed by atoms with Crippen molar-refractivity contribution in [2.45, 2.75) is 61.3 Å². The lowest BCUT2D eigenvalue weighted by Crippen LogP contribution is -2.51. The largest absolute Gasteiger partial charge is 0.737 e. The molecule has 6 heteroatoms.